The second kappa shape index (κ2) is 14.5. The summed E-state index contributed by atoms with van der Waals surface area (Å²) in [5.41, 5.74) is 7.31. The molecule has 3 aromatic rings. The molecular formula is C37H40FN5O7. The number of benzene rings is 2. The zero-order valence-electron chi connectivity index (χ0n) is 28.7. The number of likely N-dealkylation sites (N-methyl/N-ethyl adjacent to an activating group) is 1. The maximum Gasteiger partial charge on any atom is 0.306 e. The number of primary amides is 1. The van der Waals surface area contributed by atoms with Crippen LogP contribution in [0.25, 0.3) is 11.1 Å². The molecular weight excluding hydrogens is 645 g/mol. The maximum absolute atomic E-state index is 15.2. The normalized spacial score (nSPS) is 14.8. The van der Waals surface area contributed by atoms with Crippen LogP contribution in [0.1, 0.15) is 79.3 Å². The first-order valence-corrected chi connectivity index (χ1v) is 16.3. The summed E-state index contributed by atoms with van der Waals surface area (Å²) in [5, 5.41) is 3.22. The number of esters is 1. The molecule has 3 heterocycles. The third-order valence-electron chi connectivity index (χ3n) is 8.21. The van der Waals surface area contributed by atoms with E-state index in [4.69, 9.17) is 15.2 Å². The largest absolute Gasteiger partial charge is 0.482 e. The van der Waals surface area contributed by atoms with Crippen molar-refractivity contribution in [3.05, 3.63) is 77.4 Å². The summed E-state index contributed by atoms with van der Waals surface area (Å²) in [6.07, 6.45) is 6.18. The molecule has 5 rings (SSSR count). The van der Waals surface area contributed by atoms with Gasteiger partial charge in [0, 0.05) is 36.0 Å². The summed E-state index contributed by atoms with van der Waals surface area (Å²) in [4.78, 5) is 70.8. The lowest BCUT2D eigenvalue weighted by Gasteiger charge is -2.28. The van der Waals surface area contributed by atoms with Gasteiger partial charge in [-0.1, -0.05) is 18.2 Å². The van der Waals surface area contributed by atoms with Crippen LogP contribution in [0.2, 0.25) is 0 Å². The van der Waals surface area contributed by atoms with E-state index in [0.717, 1.165) is 11.1 Å². The van der Waals surface area contributed by atoms with E-state index in [9.17, 15) is 24.0 Å². The Hall–Kier alpha value is -5.59. The Bertz CT molecular complexity index is 1900. The fraction of sp³-hybridized carbons (Fsp3) is 0.351. The highest BCUT2D eigenvalue weighted by molar-refractivity contribution is 6.24. The van der Waals surface area contributed by atoms with Crippen molar-refractivity contribution in [2.45, 2.75) is 71.4 Å². The number of carbonyl (C=O) groups excluding carboxylic acids is 5. The zero-order valence-corrected chi connectivity index (χ0v) is 28.7. The molecule has 0 saturated carbocycles. The van der Waals surface area contributed by atoms with Crippen molar-refractivity contribution in [2.24, 2.45) is 5.73 Å². The molecule has 1 aromatic heterocycles. The van der Waals surface area contributed by atoms with Crippen molar-refractivity contribution in [1.82, 2.24) is 9.88 Å². The van der Waals surface area contributed by atoms with Crippen molar-refractivity contribution in [2.75, 3.05) is 23.9 Å². The Morgan fingerprint density at radius 3 is 2.56 bits per heavy atom. The van der Waals surface area contributed by atoms with E-state index in [-0.39, 0.29) is 53.7 Å². The number of hydrogen-bond donors (Lipinski definition) is 2. The van der Waals surface area contributed by atoms with Crippen LogP contribution in [0.4, 0.5) is 21.5 Å². The van der Waals surface area contributed by atoms with E-state index in [2.05, 4.69) is 10.3 Å². The number of carbonyl (C=O) groups is 5. The smallest absolute Gasteiger partial charge is 0.306 e. The number of anilines is 3. The summed E-state index contributed by atoms with van der Waals surface area (Å²) >= 11 is 0. The molecule has 0 bridgehead atoms. The van der Waals surface area contributed by atoms with Crippen LogP contribution in [0.5, 0.6) is 5.75 Å². The minimum Gasteiger partial charge on any atom is -0.482 e. The molecule has 12 nitrogen and oxygen atoms in total. The number of nitrogens with zero attached hydrogens (tertiary/aromatic N) is 3. The number of aromatic nitrogens is 1. The van der Waals surface area contributed by atoms with Crippen LogP contribution in [-0.2, 0) is 19.1 Å². The SMILES string of the molecule is Cc1cc(-c2cc3c(cc2Nc2cccc4c2C(=O)N(C(/C=C\CCCCC(=O)OC(C)(C)C)CC(N)=O)C4=O)N(C)C(=O)CO3)c(F)cn1. The molecule has 4 amide bonds. The number of unbranched alkanes of at least 4 members (excludes halogenated alkanes) is 2. The van der Waals surface area contributed by atoms with E-state index in [1.807, 2.05) is 0 Å². The first-order chi connectivity index (χ1) is 23.6. The number of fused-ring (bicyclic) bond motifs is 2. The van der Waals surface area contributed by atoms with Gasteiger partial charge in [-0.3, -0.25) is 33.9 Å². The molecule has 3 N–H and O–H groups in total. The summed E-state index contributed by atoms with van der Waals surface area (Å²) in [7, 11) is 1.60. The number of imide groups is 1. The molecule has 1 unspecified atom stereocenters. The van der Waals surface area contributed by atoms with E-state index >= 15 is 4.39 Å². The summed E-state index contributed by atoms with van der Waals surface area (Å²) < 4.78 is 26.2. The molecule has 1 atom stereocenters. The Morgan fingerprint density at radius 2 is 1.84 bits per heavy atom. The molecule has 0 fully saturated rings. The summed E-state index contributed by atoms with van der Waals surface area (Å²) in [6, 6.07) is 8.59. The lowest BCUT2D eigenvalue weighted by atomic mass is 10.00. The average molecular weight is 686 g/mol. The Balaban J connectivity index is 1.43. The molecule has 0 aliphatic carbocycles. The quantitative estimate of drug-likeness (QED) is 0.107. The van der Waals surface area contributed by atoms with Crippen LogP contribution < -0.4 is 20.7 Å². The summed E-state index contributed by atoms with van der Waals surface area (Å²) in [5.74, 6) is -2.75. The Labute approximate surface area is 289 Å². The van der Waals surface area contributed by atoms with Gasteiger partial charge in [-0.2, -0.15) is 0 Å². The van der Waals surface area contributed by atoms with E-state index in [1.54, 1.807) is 77.2 Å². The highest BCUT2D eigenvalue weighted by atomic mass is 19.1. The van der Waals surface area contributed by atoms with Gasteiger partial charge in [0.05, 0.1) is 41.2 Å². The second-order valence-electron chi connectivity index (χ2n) is 13.2. The average Bonchev–Trinajstić information content (AvgIpc) is 3.30. The van der Waals surface area contributed by atoms with Crippen molar-refractivity contribution >= 4 is 46.7 Å². The number of nitrogens with one attached hydrogen (secondary N) is 1. The van der Waals surface area contributed by atoms with E-state index < -0.39 is 35.2 Å². The highest BCUT2D eigenvalue weighted by Gasteiger charge is 2.41. The topological polar surface area (TPSA) is 161 Å². The molecule has 2 aliphatic rings. The van der Waals surface area contributed by atoms with Gasteiger partial charge in [0.2, 0.25) is 5.91 Å². The highest BCUT2D eigenvalue weighted by Crippen LogP contribution is 2.43. The summed E-state index contributed by atoms with van der Waals surface area (Å²) in [6.45, 7) is 6.95. The minimum atomic E-state index is -0.955. The van der Waals surface area contributed by atoms with Crippen LogP contribution in [0.3, 0.4) is 0 Å². The monoisotopic (exact) mass is 685 g/mol. The molecule has 2 aliphatic heterocycles. The van der Waals surface area contributed by atoms with Gasteiger partial charge < -0.3 is 25.4 Å². The fourth-order valence-electron chi connectivity index (χ4n) is 5.88. The van der Waals surface area contributed by atoms with Gasteiger partial charge in [0.1, 0.15) is 17.2 Å². The van der Waals surface area contributed by atoms with E-state index in [1.165, 1.54) is 11.0 Å². The predicted octanol–water partition coefficient (Wildman–Crippen LogP) is 5.59. The second-order valence-corrected chi connectivity index (χ2v) is 13.2. The number of halogens is 1. The first-order valence-electron chi connectivity index (χ1n) is 16.3. The standard InChI is InChI=1S/C37H40FN5O7/c1-21-15-24(26(38)19-40-21)25-17-30-29(42(5)32(45)20-49-30)18-28(25)41-27-13-10-12-23-34(27)36(48)43(35(23)47)22(16-31(39)44)11-8-6-7-9-14-33(46)50-37(2,3)4/h8,10-13,15,17-19,22,41H,6-7,9,14,16,20H2,1-5H3,(H2,39,44)/b11-8-. The molecule has 50 heavy (non-hydrogen) atoms. The number of allylic oxidation sites excluding steroid dienone is 1. The van der Waals surface area contributed by atoms with Crippen LogP contribution in [-0.4, -0.2) is 64.8 Å². The number of hydrogen-bond acceptors (Lipinski definition) is 9. The van der Waals surface area contributed by atoms with E-state index in [0.29, 0.717) is 47.6 Å². The van der Waals surface area contributed by atoms with Gasteiger partial charge >= 0.3 is 5.97 Å². The lowest BCUT2D eigenvalue weighted by molar-refractivity contribution is -0.155. The molecule has 0 radical (unpaired) electrons. The molecule has 0 saturated heterocycles. The molecule has 2 aromatic carbocycles. The number of ether oxygens (including phenoxy) is 2. The van der Waals surface area contributed by atoms with Gasteiger partial charge in [-0.25, -0.2) is 4.39 Å². The maximum atomic E-state index is 15.2. The van der Waals surface area contributed by atoms with Crippen LogP contribution in [0, 0.1) is 12.7 Å². The number of nitrogens with two attached hydrogens (primary N) is 1. The predicted molar refractivity (Wildman–Crippen MR) is 185 cm³/mol. The zero-order chi connectivity index (χ0) is 36.3. The number of rotatable bonds is 12. The number of aryl methyl sites for hydroxylation is 1. The van der Waals surface area contributed by atoms with Gasteiger partial charge in [0.25, 0.3) is 17.7 Å². The minimum absolute atomic E-state index is 0.0634. The van der Waals surface area contributed by atoms with Crippen molar-refractivity contribution < 1.29 is 37.8 Å². The van der Waals surface area contributed by atoms with Crippen LogP contribution in [0.15, 0.2) is 54.7 Å². The third kappa shape index (κ3) is 7.82. The fourth-order valence-corrected chi connectivity index (χ4v) is 5.88. The molecule has 13 heteroatoms. The van der Waals surface area contributed by atoms with Gasteiger partial charge in [0.15, 0.2) is 6.61 Å². The van der Waals surface area contributed by atoms with Crippen molar-refractivity contribution in [1.29, 1.82) is 0 Å². The van der Waals surface area contributed by atoms with Crippen molar-refractivity contribution in [3.8, 4) is 16.9 Å². The van der Waals surface area contributed by atoms with Crippen LogP contribution >= 0.6 is 0 Å². The third-order valence-corrected chi connectivity index (χ3v) is 8.21. The number of amides is 4. The number of pyridine rings is 1. The van der Waals surface area contributed by atoms with Crippen molar-refractivity contribution in [3.63, 3.8) is 0 Å². The Morgan fingerprint density at radius 1 is 1.08 bits per heavy atom. The van der Waals surface area contributed by atoms with Gasteiger partial charge in [-0.15, -0.1) is 0 Å². The van der Waals surface area contributed by atoms with Gasteiger partial charge in [-0.05, 0) is 77.3 Å². The molecule has 0 spiro atoms. The molecule has 262 valence electrons. The first kappa shape index (κ1) is 35.7. The Kier molecular flexibility index (Phi) is 10.3. The lowest BCUT2D eigenvalue weighted by Crippen LogP contribution is -2.41.